The molecule has 1 amide bonds. The van der Waals surface area contributed by atoms with E-state index in [2.05, 4.69) is 97.8 Å². The predicted molar refractivity (Wildman–Crippen MR) is 136 cm³/mol. The summed E-state index contributed by atoms with van der Waals surface area (Å²) in [6.45, 7) is 7.97. The van der Waals surface area contributed by atoms with E-state index in [1.807, 2.05) is 12.1 Å². The van der Waals surface area contributed by atoms with Crippen molar-refractivity contribution < 1.29 is 9.53 Å². The number of carbonyl (C=O) groups is 1. The first-order valence-corrected chi connectivity index (χ1v) is 14.8. The summed E-state index contributed by atoms with van der Waals surface area (Å²) in [6.07, 6.45) is 4.64. The molecule has 3 aromatic rings. The van der Waals surface area contributed by atoms with Gasteiger partial charge in [-0.2, -0.15) is 0 Å². The Morgan fingerprint density at radius 3 is 2.25 bits per heavy atom. The number of hydrogen-bond acceptors (Lipinski definition) is 2. The van der Waals surface area contributed by atoms with Gasteiger partial charge < -0.3 is 10.1 Å². The number of fused-ring (bicyclic) bond motifs is 3. The minimum absolute atomic E-state index is 0.0895. The van der Waals surface area contributed by atoms with Crippen molar-refractivity contribution in [1.82, 2.24) is 5.32 Å². The summed E-state index contributed by atoms with van der Waals surface area (Å²) in [5.74, 6) is 0.0895. The van der Waals surface area contributed by atoms with Gasteiger partial charge in [0.25, 0.3) is 0 Å². The molecule has 164 valence electrons. The zero-order valence-electron chi connectivity index (χ0n) is 19.1. The van der Waals surface area contributed by atoms with Crippen molar-refractivity contribution in [2.45, 2.75) is 32.0 Å². The molecule has 0 bridgehead atoms. The molecule has 4 rings (SSSR count). The van der Waals surface area contributed by atoms with Crippen LogP contribution in [0, 0.1) is 0 Å². The highest BCUT2D eigenvalue weighted by Crippen LogP contribution is 2.44. The van der Waals surface area contributed by atoms with Crippen molar-refractivity contribution in [3.8, 4) is 11.1 Å². The molecule has 0 unspecified atom stereocenters. The zero-order valence-corrected chi connectivity index (χ0v) is 20.1. The van der Waals surface area contributed by atoms with E-state index in [0.717, 1.165) is 6.42 Å². The van der Waals surface area contributed by atoms with Crippen molar-refractivity contribution in [2.75, 3.05) is 13.2 Å². The number of alkyl carbamates (subject to hydrolysis) is 1. The summed E-state index contributed by atoms with van der Waals surface area (Å²) in [5, 5.41) is 4.33. The number of ether oxygens (including phenoxy) is 1. The maximum absolute atomic E-state index is 12.3. The third kappa shape index (κ3) is 5.02. The largest absolute Gasteiger partial charge is 0.449 e. The quantitative estimate of drug-likeness (QED) is 0.351. The highest BCUT2D eigenvalue weighted by Gasteiger charge is 2.28. The monoisotopic (exact) mass is 441 g/mol. The lowest BCUT2D eigenvalue weighted by Gasteiger charge is -2.16. The number of benzene rings is 3. The first kappa shape index (κ1) is 22.1. The van der Waals surface area contributed by atoms with E-state index in [1.165, 1.54) is 33.0 Å². The average Bonchev–Trinajstić information content (AvgIpc) is 3.11. The van der Waals surface area contributed by atoms with Crippen molar-refractivity contribution in [1.29, 1.82) is 0 Å². The van der Waals surface area contributed by atoms with E-state index in [-0.39, 0.29) is 12.0 Å². The van der Waals surface area contributed by atoms with E-state index in [0.29, 0.717) is 13.2 Å². The van der Waals surface area contributed by atoms with Gasteiger partial charge in [0.1, 0.15) is 6.61 Å². The fraction of sp³-hybridized carbons (Fsp3) is 0.250. The Kier molecular flexibility index (Phi) is 6.61. The van der Waals surface area contributed by atoms with Gasteiger partial charge in [-0.1, -0.05) is 110 Å². The molecule has 3 aromatic carbocycles. The van der Waals surface area contributed by atoms with Crippen molar-refractivity contribution in [3.05, 3.63) is 95.6 Å². The predicted octanol–water partition coefficient (Wildman–Crippen LogP) is 6.17. The second-order valence-corrected chi connectivity index (χ2v) is 14.4. The number of hydrogen-bond donors (Lipinski definition) is 1. The normalized spacial score (nSPS) is 13.1. The summed E-state index contributed by atoms with van der Waals surface area (Å²) in [7, 11) is -1.31. The fourth-order valence-corrected chi connectivity index (χ4v) is 5.43. The van der Waals surface area contributed by atoms with Crippen LogP contribution in [0.4, 0.5) is 4.79 Å². The molecule has 3 nitrogen and oxygen atoms in total. The molecule has 0 saturated heterocycles. The van der Waals surface area contributed by atoms with E-state index < -0.39 is 8.07 Å². The Morgan fingerprint density at radius 2 is 1.59 bits per heavy atom. The Morgan fingerprint density at radius 1 is 0.938 bits per heavy atom. The first-order chi connectivity index (χ1) is 15.4. The average molecular weight is 442 g/mol. The van der Waals surface area contributed by atoms with Crippen molar-refractivity contribution in [2.24, 2.45) is 0 Å². The third-order valence-electron chi connectivity index (χ3n) is 5.99. The third-order valence-corrected chi connectivity index (χ3v) is 8.03. The van der Waals surface area contributed by atoms with Crippen molar-refractivity contribution >= 4 is 25.4 Å². The molecule has 0 saturated carbocycles. The minimum Gasteiger partial charge on any atom is -0.449 e. The lowest BCUT2D eigenvalue weighted by Crippen LogP contribution is -2.37. The highest BCUT2D eigenvalue weighted by molar-refractivity contribution is 6.88. The molecule has 1 N–H and O–H groups in total. The van der Waals surface area contributed by atoms with Gasteiger partial charge in [-0.05, 0) is 34.2 Å². The van der Waals surface area contributed by atoms with E-state index >= 15 is 0 Å². The molecular weight excluding hydrogens is 410 g/mol. The van der Waals surface area contributed by atoms with Crippen molar-refractivity contribution in [3.63, 3.8) is 0 Å². The second-order valence-electron chi connectivity index (χ2n) is 9.32. The zero-order chi connectivity index (χ0) is 22.6. The van der Waals surface area contributed by atoms with Gasteiger partial charge in [0.2, 0.25) is 0 Å². The highest BCUT2D eigenvalue weighted by atomic mass is 28.3. The number of carbonyl (C=O) groups excluding carboxylic acids is 1. The summed E-state index contributed by atoms with van der Waals surface area (Å²) in [5.41, 5.74) is 6.14. The van der Waals surface area contributed by atoms with Gasteiger partial charge in [-0.15, -0.1) is 0 Å². The molecule has 0 radical (unpaired) electrons. The molecule has 0 spiro atoms. The van der Waals surface area contributed by atoms with Crippen LogP contribution >= 0.6 is 0 Å². The Bertz CT molecular complexity index is 1080. The van der Waals surface area contributed by atoms with Crippen LogP contribution in [0.1, 0.15) is 29.0 Å². The van der Waals surface area contributed by atoms with Gasteiger partial charge in [0.15, 0.2) is 0 Å². The van der Waals surface area contributed by atoms with Crippen LogP contribution in [0.15, 0.2) is 78.9 Å². The van der Waals surface area contributed by atoms with Crippen LogP contribution in [0.2, 0.25) is 19.6 Å². The Hall–Kier alpha value is -3.11. The van der Waals surface area contributed by atoms with Crippen LogP contribution in [0.25, 0.3) is 17.2 Å². The van der Waals surface area contributed by atoms with Gasteiger partial charge in [0, 0.05) is 12.5 Å². The molecule has 0 aliphatic heterocycles. The summed E-state index contributed by atoms with van der Waals surface area (Å²) in [4.78, 5) is 12.3. The molecule has 32 heavy (non-hydrogen) atoms. The van der Waals surface area contributed by atoms with Gasteiger partial charge in [-0.25, -0.2) is 4.79 Å². The van der Waals surface area contributed by atoms with Gasteiger partial charge >= 0.3 is 6.09 Å². The molecule has 1 aliphatic rings. The molecule has 0 fully saturated rings. The van der Waals surface area contributed by atoms with Crippen LogP contribution in [-0.2, 0) is 4.74 Å². The molecule has 0 atom stereocenters. The molecule has 4 heteroatoms. The number of nitrogens with one attached hydrogen (secondary N) is 1. The number of amides is 1. The topological polar surface area (TPSA) is 38.3 Å². The maximum Gasteiger partial charge on any atom is 0.407 e. The fourth-order valence-electron chi connectivity index (χ4n) is 4.24. The van der Waals surface area contributed by atoms with Crippen LogP contribution in [0.3, 0.4) is 0 Å². The molecule has 1 aliphatic carbocycles. The summed E-state index contributed by atoms with van der Waals surface area (Å²) < 4.78 is 5.59. The van der Waals surface area contributed by atoms with Crippen LogP contribution < -0.4 is 10.5 Å². The lowest BCUT2D eigenvalue weighted by atomic mass is 9.98. The molecule has 0 aromatic heterocycles. The lowest BCUT2D eigenvalue weighted by molar-refractivity contribution is 0.143. The smallest absolute Gasteiger partial charge is 0.407 e. The maximum atomic E-state index is 12.3. The molecular formula is C28H31NO2Si. The minimum atomic E-state index is -1.31. The van der Waals surface area contributed by atoms with Crippen LogP contribution in [-0.4, -0.2) is 27.3 Å². The first-order valence-electron chi connectivity index (χ1n) is 11.3. The van der Waals surface area contributed by atoms with E-state index in [9.17, 15) is 4.79 Å². The summed E-state index contributed by atoms with van der Waals surface area (Å²) >= 11 is 0. The van der Waals surface area contributed by atoms with E-state index in [1.54, 1.807) is 0 Å². The second kappa shape index (κ2) is 9.57. The Labute approximate surface area is 192 Å². The standard InChI is InChI=1S/C28H31NO2Si/c1-32(2,3)22-13-10-12-21(19-22)11-8-9-18-29-28(30)31-20-27-25-16-6-4-14-23(25)24-15-5-7-17-26(24)27/h4-8,10-17,19,27H,9,18,20H2,1-3H3,(H,29,30). The van der Waals surface area contributed by atoms with Gasteiger partial charge in [-0.3, -0.25) is 0 Å². The molecule has 0 heterocycles. The van der Waals surface area contributed by atoms with Gasteiger partial charge in [0.05, 0.1) is 8.07 Å². The van der Waals surface area contributed by atoms with Crippen LogP contribution in [0.5, 0.6) is 0 Å². The SMILES string of the molecule is C[Si](C)(C)c1cccc(C=CCCNC(=O)OCC2c3ccccc3-c3ccccc32)c1. The number of rotatable bonds is 7. The summed E-state index contributed by atoms with van der Waals surface area (Å²) in [6, 6.07) is 25.5. The van der Waals surface area contributed by atoms with E-state index in [4.69, 9.17) is 4.74 Å². The Balaban J connectivity index is 1.26.